The van der Waals surface area contributed by atoms with E-state index < -0.39 is 11.6 Å². The Morgan fingerprint density at radius 1 is 1.29 bits per heavy atom. The average Bonchev–Trinajstić information content (AvgIpc) is 2.88. The van der Waals surface area contributed by atoms with Crippen LogP contribution in [0.3, 0.4) is 0 Å². The molecule has 0 radical (unpaired) electrons. The van der Waals surface area contributed by atoms with Crippen LogP contribution in [0.1, 0.15) is 25.0 Å². The Bertz CT molecular complexity index is 615. The van der Waals surface area contributed by atoms with Gasteiger partial charge in [-0.15, -0.1) is 12.4 Å². The third-order valence-electron chi connectivity index (χ3n) is 3.98. The summed E-state index contributed by atoms with van der Waals surface area (Å²) in [5.41, 5.74) is 1.29. The van der Waals surface area contributed by atoms with E-state index >= 15 is 0 Å². The van der Waals surface area contributed by atoms with Crippen molar-refractivity contribution in [1.82, 2.24) is 15.1 Å². The minimum absolute atomic E-state index is 0. The lowest BCUT2D eigenvalue weighted by molar-refractivity contribution is 0.339. The largest absolute Gasteiger partial charge is 0.316 e. The SMILES string of the molecule is C[C@@H]1CNCC[C@@H]1c1ccnn1-c1ccc(F)cc1F.Cl. The predicted molar refractivity (Wildman–Crippen MR) is 80.1 cm³/mol. The van der Waals surface area contributed by atoms with E-state index in [2.05, 4.69) is 17.3 Å². The Morgan fingerprint density at radius 3 is 2.81 bits per heavy atom. The van der Waals surface area contributed by atoms with Crippen molar-refractivity contribution in [2.75, 3.05) is 13.1 Å². The van der Waals surface area contributed by atoms with Crippen LogP contribution in [0.4, 0.5) is 8.78 Å². The zero-order valence-electron chi connectivity index (χ0n) is 11.7. The molecule has 0 unspecified atom stereocenters. The lowest BCUT2D eigenvalue weighted by Gasteiger charge is -2.30. The molecule has 1 N–H and O–H groups in total. The summed E-state index contributed by atoms with van der Waals surface area (Å²) in [6, 6.07) is 5.52. The van der Waals surface area contributed by atoms with Crippen LogP contribution in [0.15, 0.2) is 30.5 Å². The highest BCUT2D eigenvalue weighted by atomic mass is 35.5. The van der Waals surface area contributed by atoms with Gasteiger partial charge in [0.2, 0.25) is 0 Å². The van der Waals surface area contributed by atoms with Gasteiger partial charge in [-0.25, -0.2) is 13.5 Å². The third kappa shape index (κ3) is 3.09. The molecule has 2 heterocycles. The van der Waals surface area contributed by atoms with Crippen LogP contribution in [0.5, 0.6) is 0 Å². The van der Waals surface area contributed by atoms with E-state index in [1.807, 2.05) is 6.07 Å². The van der Waals surface area contributed by atoms with Crippen LogP contribution in [-0.2, 0) is 0 Å². The second kappa shape index (κ2) is 6.54. The van der Waals surface area contributed by atoms with Crippen molar-refractivity contribution in [2.45, 2.75) is 19.3 Å². The van der Waals surface area contributed by atoms with Crippen molar-refractivity contribution < 1.29 is 8.78 Å². The first kappa shape index (κ1) is 15.9. The molecule has 1 fully saturated rings. The molecule has 2 aromatic rings. The molecule has 0 aliphatic carbocycles. The fourth-order valence-electron chi connectivity index (χ4n) is 2.90. The minimum atomic E-state index is -0.587. The van der Waals surface area contributed by atoms with E-state index in [-0.39, 0.29) is 12.4 Å². The van der Waals surface area contributed by atoms with Crippen molar-refractivity contribution in [2.24, 2.45) is 5.92 Å². The molecule has 1 aromatic carbocycles. The second-order valence-electron chi connectivity index (χ2n) is 5.34. The van der Waals surface area contributed by atoms with Crippen LogP contribution in [0, 0.1) is 17.6 Å². The van der Waals surface area contributed by atoms with Gasteiger partial charge in [0.1, 0.15) is 11.5 Å². The number of piperidine rings is 1. The first-order valence-electron chi connectivity index (χ1n) is 6.87. The highest BCUT2D eigenvalue weighted by Gasteiger charge is 2.26. The van der Waals surface area contributed by atoms with E-state index in [4.69, 9.17) is 0 Å². The maximum Gasteiger partial charge on any atom is 0.151 e. The molecule has 0 amide bonds. The molecule has 0 saturated carbocycles. The third-order valence-corrected chi connectivity index (χ3v) is 3.98. The lowest BCUT2D eigenvalue weighted by atomic mass is 9.85. The van der Waals surface area contributed by atoms with Crippen LogP contribution >= 0.6 is 12.4 Å². The topological polar surface area (TPSA) is 29.9 Å². The molecule has 6 heteroatoms. The number of aromatic nitrogens is 2. The fraction of sp³-hybridized carbons (Fsp3) is 0.400. The average molecular weight is 314 g/mol. The zero-order chi connectivity index (χ0) is 14.1. The van der Waals surface area contributed by atoms with Gasteiger partial charge < -0.3 is 5.32 Å². The van der Waals surface area contributed by atoms with Crippen LogP contribution in [0.25, 0.3) is 5.69 Å². The van der Waals surface area contributed by atoms with Gasteiger partial charge in [-0.1, -0.05) is 6.92 Å². The van der Waals surface area contributed by atoms with E-state index in [1.54, 1.807) is 10.9 Å². The Morgan fingerprint density at radius 2 is 2.10 bits per heavy atom. The summed E-state index contributed by atoms with van der Waals surface area (Å²) in [6.07, 6.45) is 2.67. The number of benzene rings is 1. The molecule has 0 spiro atoms. The Balaban J connectivity index is 0.00000161. The number of nitrogens with zero attached hydrogens (tertiary/aromatic N) is 2. The summed E-state index contributed by atoms with van der Waals surface area (Å²) in [7, 11) is 0. The highest BCUT2D eigenvalue weighted by Crippen LogP contribution is 2.31. The van der Waals surface area contributed by atoms with E-state index in [9.17, 15) is 8.78 Å². The Kier molecular flexibility index (Phi) is 4.96. The number of rotatable bonds is 2. The molecule has 3 rings (SSSR count). The Hall–Kier alpha value is -1.46. The molecule has 21 heavy (non-hydrogen) atoms. The number of hydrogen-bond acceptors (Lipinski definition) is 2. The van der Waals surface area contributed by atoms with Crippen molar-refractivity contribution in [3.05, 3.63) is 47.8 Å². The molecule has 1 saturated heterocycles. The van der Waals surface area contributed by atoms with Crippen molar-refractivity contribution >= 4 is 12.4 Å². The molecule has 1 aliphatic heterocycles. The zero-order valence-corrected chi connectivity index (χ0v) is 12.5. The van der Waals surface area contributed by atoms with Gasteiger partial charge in [-0.2, -0.15) is 5.10 Å². The molecule has 1 aromatic heterocycles. The molecule has 0 bridgehead atoms. The quantitative estimate of drug-likeness (QED) is 0.922. The maximum absolute atomic E-state index is 13.9. The fourth-order valence-corrected chi connectivity index (χ4v) is 2.90. The predicted octanol–water partition coefficient (Wildman–Crippen LogP) is 3.29. The van der Waals surface area contributed by atoms with Gasteiger partial charge in [0.25, 0.3) is 0 Å². The smallest absolute Gasteiger partial charge is 0.151 e. The van der Waals surface area contributed by atoms with Crippen molar-refractivity contribution in [3.63, 3.8) is 0 Å². The molecule has 1 aliphatic rings. The van der Waals surface area contributed by atoms with Gasteiger partial charge in [-0.3, -0.25) is 0 Å². The standard InChI is InChI=1S/C15H17F2N3.ClH/c1-10-9-18-6-4-12(10)14-5-7-19-20(14)15-3-2-11(16)8-13(15)17;/h2-3,5,7-8,10,12,18H,4,6,9H2,1H3;1H/t10-,12+;/m1./s1. The molecular weight excluding hydrogens is 296 g/mol. The van der Waals surface area contributed by atoms with E-state index in [0.717, 1.165) is 31.3 Å². The van der Waals surface area contributed by atoms with Gasteiger partial charge >= 0.3 is 0 Å². The summed E-state index contributed by atoms with van der Waals surface area (Å²) in [5.74, 6) is -0.363. The Labute approximate surface area is 128 Å². The number of halogens is 3. The van der Waals surface area contributed by atoms with Gasteiger partial charge in [0, 0.05) is 23.9 Å². The van der Waals surface area contributed by atoms with Gasteiger partial charge in [-0.05, 0) is 43.6 Å². The lowest BCUT2D eigenvalue weighted by Crippen LogP contribution is -2.34. The second-order valence-corrected chi connectivity index (χ2v) is 5.34. The summed E-state index contributed by atoms with van der Waals surface area (Å²) < 4.78 is 28.6. The number of nitrogens with one attached hydrogen (secondary N) is 1. The van der Waals surface area contributed by atoms with Crippen LogP contribution in [-0.4, -0.2) is 22.9 Å². The first-order chi connectivity index (χ1) is 9.66. The van der Waals surface area contributed by atoms with Gasteiger partial charge in [0.05, 0.1) is 0 Å². The monoisotopic (exact) mass is 313 g/mol. The molecule has 3 nitrogen and oxygen atoms in total. The van der Waals surface area contributed by atoms with E-state index in [0.29, 0.717) is 17.5 Å². The maximum atomic E-state index is 13.9. The summed E-state index contributed by atoms with van der Waals surface area (Å²) >= 11 is 0. The summed E-state index contributed by atoms with van der Waals surface area (Å²) in [6.45, 7) is 4.07. The van der Waals surface area contributed by atoms with E-state index in [1.165, 1.54) is 12.1 Å². The highest BCUT2D eigenvalue weighted by molar-refractivity contribution is 5.85. The molecule has 114 valence electrons. The first-order valence-corrected chi connectivity index (χ1v) is 6.87. The molecular formula is C15H18ClF2N3. The van der Waals surface area contributed by atoms with Crippen LogP contribution < -0.4 is 5.32 Å². The minimum Gasteiger partial charge on any atom is -0.316 e. The molecule has 2 atom stereocenters. The van der Waals surface area contributed by atoms with Gasteiger partial charge in [0.15, 0.2) is 5.82 Å². The van der Waals surface area contributed by atoms with Crippen LogP contribution in [0.2, 0.25) is 0 Å². The number of hydrogen-bond donors (Lipinski definition) is 1. The normalized spacial score (nSPS) is 21.9. The summed E-state index contributed by atoms with van der Waals surface area (Å²) in [4.78, 5) is 0. The van der Waals surface area contributed by atoms with Crippen molar-refractivity contribution in [1.29, 1.82) is 0 Å². The summed E-state index contributed by atoms with van der Waals surface area (Å²) in [5, 5.41) is 7.57. The van der Waals surface area contributed by atoms with Crippen molar-refractivity contribution in [3.8, 4) is 5.69 Å².